The molecule has 2 atom stereocenters. The molecule has 39 heavy (non-hydrogen) atoms. The maximum atomic E-state index is 14.2. The van der Waals surface area contributed by atoms with Crippen molar-refractivity contribution in [3.05, 3.63) is 106 Å². The van der Waals surface area contributed by atoms with E-state index in [2.05, 4.69) is 40.3 Å². The fourth-order valence-corrected chi connectivity index (χ4v) is 6.04. The Morgan fingerprint density at radius 1 is 1.10 bits per heavy atom. The SMILES string of the molecule is Cn1ccc([C@H]2CCNCC2C(=O)N(Cc2cn(Cc3ccccc3)c3cccc(C#N)c23)C2CC2)cc1=O. The van der Waals surface area contributed by atoms with Gasteiger partial charge >= 0.3 is 0 Å². The zero-order valence-electron chi connectivity index (χ0n) is 22.2. The molecule has 0 spiro atoms. The van der Waals surface area contributed by atoms with Crippen molar-refractivity contribution in [2.24, 2.45) is 13.0 Å². The average molecular weight is 520 g/mol. The summed E-state index contributed by atoms with van der Waals surface area (Å²) in [5.41, 5.74) is 4.73. The Bertz CT molecular complexity index is 1610. The number of amides is 1. The van der Waals surface area contributed by atoms with Gasteiger partial charge in [0.15, 0.2) is 0 Å². The number of rotatable bonds is 7. The highest BCUT2D eigenvalue weighted by Gasteiger charge is 2.40. The number of hydrogen-bond acceptors (Lipinski definition) is 4. The first-order valence-corrected chi connectivity index (χ1v) is 13.8. The molecule has 1 saturated heterocycles. The summed E-state index contributed by atoms with van der Waals surface area (Å²) in [6.07, 6.45) is 6.73. The molecule has 1 saturated carbocycles. The highest BCUT2D eigenvalue weighted by atomic mass is 16.2. The number of fused-ring (bicyclic) bond motifs is 1. The van der Waals surface area contributed by atoms with Crippen molar-refractivity contribution in [3.63, 3.8) is 0 Å². The van der Waals surface area contributed by atoms with Gasteiger partial charge in [-0.2, -0.15) is 5.26 Å². The van der Waals surface area contributed by atoms with E-state index in [0.29, 0.717) is 25.2 Å². The summed E-state index contributed by atoms with van der Waals surface area (Å²) in [5, 5.41) is 14.3. The number of piperidine rings is 1. The zero-order chi connectivity index (χ0) is 26.9. The molecule has 1 aliphatic carbocycles. The Hall–Kier alpha value is -4.15. The van der Waals surface area contributed by atoms with E-state index in [1.165, 1.54) is 5.56 Å². The summed E-state index contributed by atoms with van der Waals surface area (Å²) in [7, 11) is 1.75. The lowest BCUT2D eigenvalue weighted by atomic mass is 9.80. The van der Waals surface area contributed by atoms with E-state index in [1.807, 2.05) is 41.3 Å². The number of carbonyl (C=O) groups is 1. The number of hydrogen-bond donors (Lipinski definition) is 1. The molecule has 0 bridgehead atoms. The maximum Gasteiger partial charge on any atom is 0.250 e. The molecule has 2 fully saturated rings. The van der Waals surface area contributed by atoms with E-state index in [-0.39, 0.29) is 29.3 Å². The minimum absolute atomic E-state index is 0.00277. The third-order valence-electron chi connectivity index (χ3n) is 8.27. The molecule has 1 amide bonds. The fourth-order valence-electron chi connectivity index (χ4n) is 6.04. The summed E-state index contributed by atoms with van der Waals surface area (Å²) >= 11 is 0. The number of nitrogens with one attached hydrogen (secondary N) is 1. The van der Waals surface area contributed by atoms with E-state index >= 15 is 0 Å². The molecule has 2 aromatic carbocycles. The topological polar surface area (TPSA) is 83.1 Å². The molecule has 1 N–H and O–H groups in total. The van der Waals surface area contributed by atoms with Crippen LogP contribution in [0.15, 0.2) is 77.9 Å². The third kappa shape index (κ3) is 5.00. The van der Waals surface area contributed by atoms with Gasteiger partial charge in [-0.05, 0) is 66.6 Å². The van der Waals surface area contributed by atoms with Gasteiger partial charge in [0.05, 0.1) is 17.6 Å². The smallest absolute Gasteiger partial charge is 0.250 e. The van der Waals surface area contributed by atoms with Crippen molar-refractivity contribution in [2.45, 2.75) is 44.3 Å². The number of carbonyl (C=O) groups excluding carboxylic acids is 1. The molecule has 7 nitrogen and oxygen atoms in total. The predicted octanol–water partition coefficient (Wildman–Crippen LogP) is 4.14. The lowest BCUT2D eigenvalue weighted by Gasteiger charge is -2.35. The summed E-state index contributed by atoms with van der Waals surface area (Å²) in [4.78, 5) is 28.7. The Morgan fingerprint density at radius 3 is 2.67 bits per heavy atom. The number of aromatic nitrogens is 2. The normalized spacial score (nSPS) is 19.1. The van der Waals surface area contributed by atoms with Gasteiger partial charge in [0.25, 0.3) is 5.56 Å². The summed E-state index contributed by atoms with van der Waals surface area (Å²) < 4.78 is 3.76. The molecule has 2 aromatic heterocycles. The van der Waals surface area contributed by atoms with E-state index in [1.54, 1.807) is 23.9 Å². The van der Waals surface area contributed by atoms with Gasteiger partial charge in [0.2, 0.25) is 5.91 Å². The van der Waals surface area contributed by atoms with Gasteiger partial charge in [-0.3, -0.25) is 9.59 Å². The molecule has 4 aromatic rings. The monoisotopic (exact) mass is 519 g/mol. The van der Waals surface area contributed by atoms with Crippen molar-refractivity contribution in [2.75, 3.05) is 13.1 Å². The highest BCUT2D eigenvalue weighted by Crippen LogP contribution is 2.37. The lowest BCUT2D eigenvalue weighted by Crippen LogP contribution is -2.47. The van der Waals surface area contributed by atoms with Crippen LogP contribution >= 0.6 is 0 Å². The molecular formula is C32H33N5O2. The Kier molecular flexibility index (Phi) is 6.80. The number of nitrogens with zero attached hydrogens (tertiary/aromatic N) is 4. The zero-order valence-corrected chi connectivity index (χ0v) is 22.2. The van der Waals surface area contributed by atoms with Crippen LogP contribution in [0.3, 0.4) is 0 Å². The first-order chi connectivity index (χ1) is 19.0. The van der Waals surface area contributed by atoms with Gasteiger partial charge in [0.1, 0.15) is 0 Å². The molecule has 1 aliphatic heterocycles. The molecular weight excluding hydrogens is 486 g/mol. The molecule has 7 heteroatoms. The van der Waals surface area contributed by atoms with Crippen molar-refractivity contribution < 1.29 is 4.79 Å². The van der Waals surface area contributed by atoms with Crippen LogP contribution in [0.5, 0.6) is 0 Å². The average Bonchev–Trinajstić information content (AvgIpc) is 3.76. The van der Waals surface area contributed by atoms with Crippen LogP contribution in [-0.4, -0.2) is 39.1 Å². The fraction of sp³-hybridized carbons (Fsp3) is 0.344. The van der Waals surface area contributed by atoms with Gasteiger partial charge in [-0.15, -0.1) is 0 Å². The molecule has 6 rings (SSSR count). The van der Waals surface area contributed by atoms with E-state index in [0.717, 1.165) is 47.8 Å². The molecule has 198 valence electrons. The van der Waals surface area contributed by atoms with Crippen molar-refractivity contribution in [3.8, 4) is 6.07 Å². The standard InChI is InChI=1S/C32H33N5O2/c1-35-15-13-23(16-30(35)38)27-12-14-34-18-28(27)32(39)37(26-10-11-26)21-25-20-36(19-22-6-3-2-4-7-22)29-9-5-8-24(17-33)31(25)29/h2-9,13,15-16,20,26-28,34H,10-12,14,18-19,21H2,1H3/t27-,28?/m1/s1. The third-order valence-corrected chi connectivity index (χ3v) is 8.27. The predicted molar refractivity (Wildman–Crippen MR) is 151 cm³/mol. The van der Waals surface area contributed by atoms with Crippen LogP contribution in [0.2, 0.25) is 0 Å². The summed E-state index contributed by atoms with van der Waals surface area (Å²) in [6.45, 7) is 2.59. The second-order valence-corrected chi connectivity index (χ2v) is 10.9. The van der Waals surface area contributed by atoms with Gasteiger partial charge in [0, 0.05) is 62.1 Å². The van der Waals surface area contributed by atoms with E-state index < -0.39 is 0 Å². The first-order valence-electron chi connectivity index (χ1n) is 13.8. The first kappa shape index (κ1) is 25.1. The lowest BCUT2D eigenvalue weighted by molar-refractivity contribution is -0.138. The van der Waals surface area contributed by atoms with E-state index in [9.17, 15) is 14.9 Å². The minimum Gasteiger partial charge on any atom is -0.343 e. The Morgan fingerprint density at radius 2 is 1.92 bits per heavy atom. The second kappa shape index (κ2) is 10.5. The van der Waals surface area contributed by atoms with Crippen LogP contribution in [0.1, 0.15) is 47.4 Å². The Balaban J connectivity index is 1.35. The number of aryl methyl sites for hydroxylation is 1. The van der Waals surface area contributed by atoms with Crippen LogP contribution in [-0.2, 0) is 24.9 Å². The van der Waals surface area contributed by atoms with Crippen molar-refractivity contribution in [1.29, 1.82) is 5.26 Å². The quantitative estimate of drug-likeness (QED) is 0.398. The second-order valence-electron chi connectivity index (χ2n) is 10.9. The molecule has 0 radical (unpaired) electrons. The number of pyridine rings is 1. The van der Waals surface area contributed by atoms with E-state index in [4.69, 9.17) is 0 Å². The molecule has 2 aliphatic rings. The maximum absolute atomic E-state index is 14.2. The highest BCUT2D eigenvalue weighted by molar-refractivity contribution is 5.90. The van der Waals surface area contributed by atoms with Crippen molar-refractivity contribution >= 4 is 16.8 Å². The summed E-state index contributed by atoms with van der Waals surface area (Å²) in [6, 6.07) is 22.4. The van der Waals surface area contributed by atoms with Crippen LogP contribution in [0.4, 0.5) is 0 Å². The Labute approximate surface area is 228 Å². The number of nitriles is 1. The molecule has 3 heterocycles. The molecule has 1 unspecified atom stereocenters. The van der Waals surface area contributed by atoms with Crippen LogP contribution < -0.4 is 10.9 Å². The van der Waals surface area contributed by atoms with Gasteiger partial charge in [-0.25, -0.2) is 0 Å². The van der Waals surface area contributed by atoms with Gasteiger partial charge in [-0.1, -0.05) is 36.4 Å². The number of benzene rings is 2. The van der Waals surface area contributed by atoms with Gasteiger partial charge < -0.3 is 19.4 Å². The largest absolute Gasteiger partial charge is 0.343 e. The van der Waals surface area contributed by atoms with Crippen LogP contribution in [0.25, 0.3) is 10.9 Å². The van der Waals surface area contributed by atoms with Crippen molar-refractivity contribution in [1.82, 2.24) is 19.4 Å². The summed E-state index contributed by atoms with van der Waals surface area (Å²) in [5.74, 6) is -0.101. The van der Waals surface area contributed by atoms with Crippen LogP contribution in [0, 0.1) is 17.2 Å². The minimum atomic E-state index is -0.237.